The fraction of sp³-hybridized carbons (Fsp3) is 0.385. The van der Waals surface area contributed by atoms with Crippen LogP contribution in [0.25, 0.3) is 0 Å². The molecule has 3 aliphatic rings. The lowest BCUT2D eigenvalue weighted by molar-refractivity contribution is -0.136. The highest BCUT2D eigenvalue weighted by Gasteiger charge is 2.40. The number of halogens is 1. The number of nitrogens with one attached hydrogen (secondary N) is 1. The van der Waals surface area contributed by atoms with Crippen LogP contribution in [0.3, 0.4) is 0 Å². The third-order valence-electron chi connectivity index (χ3n) is 6.39. The van der Waals surface area contributed by atoms with E-state index in [1.807, 2.05) is 0 Å². The van der Waals surface area contributed by atoms with E-state index in [2.05, 4.69) is 5.32 Å². The van der Waals surface area contributed by atoms with E-state index in [0.717, 1.165) is 5.56 Å². The number of benzene rings is 2. The van der Waals surface area contributed by atoms with Crippen molar-refractivity contribution in [2.75, 3.05) is 0 Å². The molecule has 0 bridgehead atoms. The quantitative estimate of drug-likeness (QED) is 0.652. The lowest BCUT2D eigenvalue weighted by Crippen LogP contribution is -2.52. The van der Waals surface area contributed by atoms with Gasteiger partial charge >= 0.3 is 6.09 Å². The van der Waals surface area contributed by atoms with Gasteiger partial charge in [-0.2, -0.15) is 0 Å². The SMILES string of the molecule is CC(C)(C)OC(=O)N1Cc2cc(F)c(Oc3cccc4c3CN(C3CCC(=O)NC3=O)C4=O)cc2C1. The zero-order chi connectivity index (χ0) is 25.8. The Balaban J connectivity index is 1.36. The number of hydrogen-bond donors (Lipinski definition) is 1. The van der Waals surface area contributed by atoms with Gasteiger partial charge in [0.15, 0.2) is 11.6 Å². The highest BCUT2D eigenvalue weighted by Crippen LogP contribution is 2.38. The number of carbonyl (C=O) groups excluding carboxylic acids is 4. The number of hydrogen-bond acceptors (Lipinski definition) is 6. The van der Waals surface area contributed by atoms with Crippen molar-refractivity contribution in [1.29, 1.82) is 0 Å². The molecule has 2 aromatic carbocycles. The number of amides is 4. The molecule has 0 radical (unpaired) electrons. The monoisotopic (exact) mass is 495 g/mol. The van der Waals surface area contributed by atoms with Gasteiger partial charge < -0.3 is 14.4 Å². The molecule has 5 rings (SSSR count). The number of nitrogens with zero attached hydrogens (tertiary/aromatic N) is 2. The molecule has 188 valence electrons. The topological polar surface area (TPSA) is 105 Å². The minimum absolute atomic E-state index is 0.0277. The van der Waals surface area contributed by atoms with Crippen LogP contribution in [0.5, 0.6) is 11.5 Å². The van der Waals surface area contributed by atoms with E-state index in [1.165, 1.54) is 15.9 Å². The van der Waals surface area contributed by atoms with Crippen molar-refractivity contribution in [3.05, 3.63) is 58.4 Å². The first-order valence-corrected chi connectivity index (χ1v) is 11.7. The normalized spacial score (nSPS) is 19.2. The van der Waals surface area contributed by atoms with Crippen LogP contribution < -0.4 is 10.1 Å². The average Bonchev–Trinajstić information content (AvgIpc) is 3.35. The number of piperidine rings is 1. The fourth-order valence-electron chi connectivity index (χ4n) is 4.70. The molecule has 0 spiro atoms. The summed E-state index contributed by atoms with van der Waals surface area (Å²) in [6, 6.07) is 7.05. The van der Waals surface area contributed by atoms with Gasteiger partial charge in [-0.1, -0.05) is 6.07 Å². The van der Waals surface area contributed by atoms with Crippen LogP contribution in [-0.4, -0.2) is 45.3 Å². The molecule has 4 amide bonds. The molecule has 2 aromatic rings. The van der Waals surface area contributed by atoms with Crippen LogP contribution in [0.15, 0.2) is 30.3 Å². The largest absolute Gasteiger partial charge is 0.454 e. The smallest absolute Gasteiger partial charge is 0.410 e. The molecular weight excluding hydrogens is 469 g/mol. The maximum absolute atomic E-state index is 15.0. The van der Waals surface area contributed by atoms with Crippen molar-refractivity contribution in [3.8, 4) is 11.5 Å². The van der Waals surface area contributed by atoms with Crippen molar-refractivity contribution < 1.29 is 33.0 Å². The van der Waals surface area contributed by atoms with Gasteiger partial charge in [-0.15, -0.1) is 0 Å². The van der Waals surface area contributed by atoms with Gasteiger partial charge in [0.25, 0.3) is 5.91 Å². The Morgan fingerprint density at radius 1 is 1.06 bits per heavy atom. The zero-order valence-electron chi connectivity index (χ0n) is 20.2. The fourth-order valence-corrected chi connectivity index (χ4v) is 4.70. The maximum atomic E-state index is 15.0. The molecule has 1 fully saturated rings. The molecule has 1 N–H and O–H groups in total. The van der Waals surface area contributed by atoms with Gasteiger partial charge in [0.05, 0.1) is 6.54 Å². The highest BCUT2D eigenvalue weighted by atomic mass is 19.1. The van der Waals surface area contributed by atoms with E-state index in [4.69, 9.17) is 9.47 Å². The van der Waals surface area contributed by atoms with Crippen molar-refractivity contribution in [3.63, 3.8) is 0 Å². The van der Waals surface area contributed by atoms with Crippen molar-refractivity contribution in [2.24, 2.45) is 0 Å². The number of fused-ring (bicyclic) bond motifs is 2. The molecular formula is C26H26FN3O6. The first-order valence-electron chi connectivity index (χ1n) is 11.7. The van der Waals surface area contributed by atoms with Crippen molar-refractivity contribution in [1.82, 2.24) is 15.1 Å². The second-order valence-electron chi connectivity index (χ2n) is 10.2. The lowest BCUT2D eigenvalue weighted by atomic mass is 10.0. The first-order chi connectivity index (χ1) is 17.0. The van der Waals surface area contributed by atoms with E-state index in [1.54, 1.807) is 45.0 Å². The van der Waals surface area contributed by atoms with Crippen LogP contribution >= 0.6 is 0 Å². The third-order valence-corrected chi connectivity index (χ3v) is 6.39. The summed E-state index contributed by atoms with van der Waals surface area (Å²) >= 11 is 0. The summed E-state index contributed by atoms with van der Waals surface area (Å²) in [5.74, 6) is -1.52. The summed E-state index contributed by atoms with van der Waals surface area (Å²) in [4.78, 5) is 52.2. The summed E-state index contributed by atoms with van der Waals surface area (Å²) in [5.41, 5.74) is 1.68. The van der Waals surface area contributed by atoms with E-state index in [0.29, 0.717) is 22.4 Å². The predicted octanol–water partition coefficient (Wildman–Crippen LogP) is 3.63. The highest BCUT2D eigenvalue weighted by molar-refractivity contribution is 6.05. The van der Waals surface area contributed by atoms with Crippen LogP contribution in [0.4, 0.5) is 9.18 Å². The van der Waals surface area contributed by atoms with Crippen LogP contribution in [0.1, 0.15) is 60.7 Å². The molecule has 9 nitrogen and oxygen atoms in total. The van der Waals surface area contributed by atoms with Crippen molar-refractivity contribution >= 4 is 23.8 Å². The van der Waals surface area contributed by atoms with Crippen LogP contribution in [-0.2, 0) is 34.0 Å². The predicted molar refractivity (Wildman–Crippen MR) is 124 cm³/mol. The standard InChI is InChI=1S/C26H26FN3O6/c1-26(2,3)36-25(34)29-11-14-9-18(27)21(10-15(14)12-29)35-20-6-4-5-16-17(20)13-30(24(16)33)19-7-8-22(31)28-23(19)32/h4-6,9-10,19H,7-8,11-13H2,1-3H3,(H,28,31,32). The maximum Gasteiger partial charge on any atom is 0.410 e. The number of imide groups is 1. The molecule has 10 heteroatoms. The Morgan fingerprint density at radius 2 is 1.78 bits per heavy atom. The second-order valence-corrected chi connectivity index (χ2v) is 10.2. The van der Waals surface area contributed by atoms with Crippen LogP contribution in [0, 0.1) is 5.82 Å². The summed E-state index contributed by atoms with van der Waals surface area (Å²) in [5, 5.41) is 2.27. The summed E-state index contributed by atoms with van der Waals surface area (Å²) in [7, 11) is 0. The van der Waals surface area contributed by atoms with E-state index < -0.39 is 29.5 Å². The minimum Gasteiger partial charge on any atom is -0.454 e. The summed E-state index contributed by atoms with van der Waals surface area (Å²) < 4.78 is 26.4. The molecule has 1 unspecified atom stereocenters. The molecule has 0 saturated carbocycles. The van der Waals surface area contributed by atoms with E-state index >= 15 is 0 Å². The van der Waals surface area contributed by atoms with E-state index in [-0.39, 0.29) is 50.0 Å². The average molecular weight is 496 g/mol. The van der Waals surface area contributed by atoms with Gasteiger partial charge in [-0.3, -0.25) is 24.6 Å². The Bertz CT molecular complexity index is 1300. The molecule has 36 heavy (non-hydrogen) atoms. The zero-order valence-corrected chi connectivity index (χ0v) is 20.2. The molecule has 1 saturated heterocycles. The third kappa shape index (κ3) is 4.38. The minimum atomic E-state index is -0.758. The number of carbonyl (C=O) groups is 4. The lowest BCUT2D eigenvalue weighted by Gasteiger charge is -2.29. The summed E-state index contributed by atoms with van der Waals surface area (Å²) in [6.07, 6.45) is -0.0798. The Labute approximate surface area is 207 Å². The number of rotatable bonds is 3. The van der Waals surface area contributed by atoms with Gasteiger partial charge in [0, 0.05) is 30.6 Å². The van der Waals surface area contributed by atoms with Crippen LogP contribution in [0.2, 0.25) is 0 Å². The second kappa shape index (κ2) is 8.61. The number of ether oxygens (including phenoxy) is 2. The molecule has 3 heterocycles. The van der Waals surface area contributed by atoms with Gasteiger partial charge in [0.2, 0.25) is 11.8 Å². The van der Waals surface area contributed by atoms with Gasteiger partial charge in [0.1, 0.15) is 17.4 Å². The summed E-state index contributed by atoms with van der Waals surface area (Å²) in [6.45, 7) is 5.95. The van der Waals surface area contributed by atoms with Gasteiger partial charge in [-0.25, -0.2) is 9.18 Å². The van der Waals surface area contributed by atoms with Gasteiger partial charge in [-0.05, 0) is 62.6 Å². The van der Waals surface area contributed by atoms with Crippen molar-refractivity contribution in [2.45, 2.75) is 64.9 Å². The molecule has 3 aliphatic heterocycles. The van der Waals surface area contributed by atoms with E-state index in [9.17, 15) is 23.6 Å². The first kappa shape index (κ1) is 23.8. The Hall–Kier alpha value is -3.95. The molecule has 1 atom stereocenters. The molecule has 0 aromatic heterocycles. The molecule has 0 aliphatic carbocycles. The Kier molecular flexibility index (Phi) is 5.69. The Morgan fingerprint density at radius 3 is 2.47 bits per heavy atom.